The van der Waals surface area contributed by atoms with Crippen molar-refractivity contribution >= 4 is 27.3 Å². The van der Waals surface area contributed by atoms with Crippen molar-refractivity contribution < 1.29 is 13.2 Å². The van der Waals surface area contributed by atoms with E-state index in [1.807, 2.05) is 0 Å². The van der Waals surface area contributed by atoms with Crippen molar-refractivity contribution in [3.63, 3.8) is 0 Å². The Balaban J connectivity index is 2.42. The molecule has 1 rings (SSSR count). The fraction of sp³-hybridized carbons (Fsp3) is 0.909. The van der Waals surface area contributed by atoms with Crippen LogP contribution < -0.4 is 5.32 Å². The second-order valence-corrected chi connectivity index (χ2v) is 7.70. The van der Waals surface area contributed by atoms with E-state index in [1.54, 1.807) is 0 Å². The first-order valence-electron chi connectivity index (χ1n) is 5.93. The summed E-state index contributed by atoms with van der Waals surface area (Å²) in [6, 6.07) is 0. The van der Waals surface area contributed by atoms with Gasteiger partial charge in [-0.3, -0.25) is 4.79 Å². The van der Waals surface area contributed by atoms with Crippen LogP contribution in [0.5, 0.6) is 0 Å². The van der Waals surface area contributed by atoms with Gasteiger partial charge in [0.25, 0.3) is 0 Å². The zero-order valence-corrected chi connectivity index (χ0v) is 11.9. The largest absolute Gasteiger partial charge is 0.355 e. The van der Waals surface area contributed by atoms with E-state index < -0.39 is 21.0 Å². The number of rotatable bonds is 4. The van der Waals surface area contributed by atoms with Gasteiger partial charge in [0.05, 0.1) is 0 Å². The molecule has 1 saturated carbocycles. The predicted octanol–water partition coefficient (Wildman–Crippen LogP) is 1.33. The Morgan fingerprint density at radius 3 is 2.53 bits per heavy atom. The number of hydrogen-bond acceptors (Lipinski definition) is 3. The van der Waals surface area contributed by atoms with E-state index in [-0.39, 0.29) is 11.3 Å². The summed E-state index contributed by atoms with van der Waals surface area (Å²) in [7, 11) is -3.31. The van der Waals surface area contributed by atoms with Gasteiger partial charge in [0.15, 0.2) is 9.84 Å². The highest BCUT2D eigenvalue weighted by atomic mass is 35.5. The van der Waals surface area contributed by atoms with E-state index in [0.29, 0.717) is 6.54 Å². The van der Waals surface area contributed by atoms with Gasteiger partial charge in [0.2, 0.25) is 5.91 Å². The molecule has 1 amide bonds. The predicted molar refractivity (Wildman–Crippen MR) is 68.9 cm³/mol. The van der Waals surface area contributed by atoms with Gasteiger partial charge in [-0.2, -0.15) is 0 Å². The Hall–Kier alpha value is -0.290. The molecule has 0 heterocycles. The van der Waals surface area contributed by atoms with Crippen LogP contribution in [-0.4, -0.2) is 37.8 Å². The van der Waals surface area contributed by atoms with E-state index in [2.05, 4.69) is 5.32 Å². The van der Waals surface area contributed by atoms with Crippen LogP contribution in [0.3, 0.4) is 0 Å². The molecule has 0 spiro atoms. The normalized spacial score (nSPS) is 27.5. The van der Waals surface area contributed by atoms with Crippen molar-refractivity contribution in [3.05, 3.63) is 0 Å². The van der Waals surface area contributed by atoms with Gasteiger partial charge >= 0.3 is 0 Å². The van der Waals surface area contributed by atoms with Crippen LogP contribution in [0, 0.1) is 5.92 Å². The van der Waals surface area contributed by atoms with Crippen molar-refractivity contribution in [1.29, 1.82) is 0 Å². The summed E-state index contributed by atoms with van der Waals surface area (Å²) in [5.74, 6) is -0.164. The van der Waals surface area contributed by atoms with Crippen LogP contribution in [0.25, 0.3) is 0 Å². The van der Waals surface area contributed by atoms with Crippen LogP contribution in [-0.2, 0) is 14.6 Å². The Labute approximate surface area is 108 Å². The number of halogens is 1. The highest BCUT2D eigenvalue weighted by Crippen LogP contribution is 2.27. The second kappa shape index (κ2) is 6.05. The van der Waals surface area contributed by atoms with Crippen molar-refractivity contribution in [1.82, 2.24) is 5.32 Å². The Morgan fingerprint density at radius 1 is 1.41 bits per heavy atom. The molecule has 4 nitrogen and oxygen atoms in total. The van der Waals surface area contributed by atoms with E-state index in [1.165, 1.54) is 6.92 Å². The van der Waals surface area contributed by atoms with Crippen LogP contribution in [0.1, 0.15) is 32.6 Å². The molecular weight excluding hydrogens is 262 g/mol. The van der Waals surface area contributed by atoms with E-state index in [4.69, 9.17) is 11.6 Å². The van der Waals surface area contributed by atoms with Gasteiger partial charge in [0, 0.05) is 18.2 Å². The third-order valence-corrected chi connectivity index (χ3v) is 5.44. The van der Waals surface area contributed by atoms with E-state index in [0.717, 1.165) is 31.9 Å². The molecule has 3 atom stereocenters. The molecule has 0 aromatic rings. The Morgan fingerprint density at radius 2 is 2.00 bits per heavy atom. The van der Waals surface area contributed by atoms with Gasteiger partial charge in [-0.1, -0.05) is 12.8 Å². The summed E-state index contributed by atoms with van der Waals surface area (Å²) in [5.41, 5.74) is 0. The molecular formula is C11H20ClNO3S. The molecule has 100 valence electrons. The molecule has 0 aromatic carbocycles. The van der Waals surface area contributed by atoms with Gasteiger partial charge in [-0.15, -0.1) is 11.6 Å². The van der Waals surface area contributed by atoms with Gasteiger partial charge in [-0.25, -0.2) is 8.42 Å². The maximum Gasteiger partial charge on any atom is 0.238 e. The summed E-state index contributed by atoms with van der Waals surface area (Å²) in [6.07, 6.45) is 5.32. The molecule has 0 radical (unpaired) electrons. The molecule has 1 fully saturated rings. The molecule has 0 bridgehead atoms. The quantitative estimate of drug-likeness (QED) is 0.791. The maximum absolute atomic E-state index is 11.6. The Kier molecular flexibility index (Phi) is 5.25. The average molecular weight is 282 g/mol. The standard InChI is InChI=1S/C11H20ClNO3S/c1-8(17(2,15)16)11(14)13-7-9-5-3-4-6-10(9)12/h8-10H,3-7H2,1-2H3,(H,13,14). The SMILES string of the molecule is CC(C(=O)NCC1CCCCC1Cl)S(C)(=O)=O. The summed E-state index contributed by atoms with van der Waals surface area (Å²) in [5, 5.41) is 1.80. The monoisotopic (exact) mass is 281 g/mol. The number of sulfone groups is 1. The zero-order chi connectivity index (χ0) is 13.1. The minimum atomic E-state index is -3.31. The molecule has 17 heavy (non-hydrogen) atoms. The molecule has 1 N–H and O–H groups in total. The number of nitrogens with one attached hydrogen (secondary N) is 1. The second-order valence-electron chi connectivity index (χ2n) is 4.78. The highest BCUT2D eigenvalue weighted by molar-refractivity contribution is 7.92. The summed E-state index contributed by atoms with van der Waals surface area (Å²) < 4.78 is 22.4. The van der Waals surface area contributed by atoms with Crippen molar-refractivity contribution in [2.45, 2.75) is 43.2 Å². The van der Waals surface area contributed by atoms with Crippen LogP contribution in [0.2, 0.25) is 0 Å². The first kappa shape index (κ1) is 14.8. The van der Waals surface area contributed by atoms with Crippen LogP contribution >= 0.6 is 11.6 Å². The topological polar surface area (TPSA) is 63.2 Å². The third kappa shape index (κ3) is 4.47. The van der Waals surface area contributed by atoms with Gasteiger partial charge in [-0.05, 0) is 25.7 Å². The van der Waals surface area contributed by atoms with E-state index >= 15 is 0 Å². The summed E-state index contributed by atoms with van der Waals surface area (Å²) >= 11 is 6.17. The maximum atomic E-state index is 11.6. The first-order chi connectivity index (χ1) is 7.82. The lowest BCUT2D eigenvalue weighted by molar-refractivity contribution is -0.120. The number of carbonyl (C=O) groups excluding carboxylic acids is 1. The minimum Gasteiger partial charge on any atom is -0.355 e. The van der Waals surface area contributed by atoms with Gasteiger partial charge in [0.1, 0.15) is 5.25 Å². The number of alkyl halides is 1. The zero-order valence-electron chi connectivity index (χ0n) is 10.3. The van der Waals surface area contributed by atoms with Crippen molar-refractivity contribution in [2.24, 2.45) is 5.92 Å². The smallest absolute Gasteiger partial charge is 0.238 e. The summed E-state index contributed by atoms with van der Waals surface area (Å²) in [4.78, 5) is 11.6. The third-order valence-electron chi connectivity index (χ3n) is 3.37. The lowest BCUT2D eigenvalue weighted by atomic mass is 9.89. The number of carbonyl (C=O) groups is 1. The lowest BCUT2D eigenvalue weighted by Crippen LogP contribution is -2.41. The highest BCUT2D eigenvalue weighted by Gasteiger charge is 2.27. The molecule has 0 aromatic heterocycles. The van der Waals surface area contributed by atoms with Crippen molar-refractivity contribution in [3.8, 4) is 0 Å². The molecule has 1 aliphatic carbocycles. The fourth-order valence-corrected chi connectivity index (χ4v) is 2.80. The molecule has 0 saturated heterocycles. The molecule has 1 aliphatic rings. The molecule has 6 heteroatoms. The van der Waals surface area contributed by atoms with Gasteiger partial charge < -0.3 is 5.32 Å². The lowest BCUT2D eigenvalue weighted by Gasteiger charge is -2.27. The first-order valence-corrected chi connectivity index (χ1v) is 8.32. The fourth-order valence-electron chi connectivity index (χ4n) is 1.96. The van der Waals surface area contributed by atoms with Crippen molar-refractivity contribution in [2.75, 3.05) is 12.8 Å². The van der Waals surface area contributed by atoms with E-state index in [9.17, 15) is 13.2 Å². The molecule has 3 unspecified atom stereocenters. The Bertz CT molecular complexity index is 369. The minimum absolute atomic E-state index is 0.0950. The van der Waals surface area contributed by atoms with Crippen LogP contribution in [0.15, 0.2) is 0 Å². The molecule has 0 aliphatic heterocycles. The summed E-state index contributed by atoms with van der Waals surface area (Å²) in [6.45, 7) is 1.89. The number of amides is 1. The van der Waals surface area contributed by atoms with Crippen LogP contribution in [0.4, 0.5) is 0 Å². The number of hydrogen-bond donors (Lipinski definition) is 1. The average Bonchev–Trinajstić information content (AvgIpc) is 2.25.